The lowest BCUT2D eigenvalue weighted by Gasteiger charge is -2.25. The van der Waals surface area contributed by atoms with Crippen LogP contribution in [0.1, 0.15) is 33.3 Å². The summed E-state index contributed by atoms with van der Waals surface area (Å²) >= 11 is 6.14. The molecule has 0 aliphatic carbocycles. The van der Waals surface area contributed by atoms with Gasteiger partial charge in [0.15, 0.2) is 16.9 Å². The summed E-state index contributed by atoms with van der Waals surface area (Å²) in [5.41, 5.74) is 1.85. The third-order valence-corrected chi connectivity index (χ3v) is 6.48. The van der Waals surface area contributed by atoms with E-state index >= 15 is 0 Å². The lowest BCUT2D eigenvalue weighted by atomic mass is 9.97. The predicted octanol–water partition coefficient (Wildman–Crippen LogP) is 4.96. The molecule has 3 aromatic carbocycles. The number of nitrogens with zero attached hydrogens (tertiary/aromatic N) is 1. The molecule has 0 fully saturated rings. The zero-order valence-corrected chi connectivity index (χ0v) is 19.8. The second-order valence-electron chi connectivity index (χ2n) is 8.24. The topological polar surface area (TPSA) is 89.2 Å². The van der Waals surface area contributed by atoms with Gasteiger partial charge in [-0.3, -0.25) is 9.59 Å². The van der Waals surface area contributed by atoms with Crippen molar-refractivity contribution in [2.45, 2.75) is 12.5 Å². The zero-order chi connectivity index (χ0) is 24.7. The number of phenols is 1. The van der Waals surface area contributed by atoms with Gasteiger partial charge < -0.3 is 23.9 Å². The van der Waals surface area contributed by atoms with Crippen LogP contribution in [0, 0.1) is 0 Å². The van der Waals surface area contributed by atoms with Crippen LogP contribution in [0.5, 0.6) is 17.2 Å². The highest BCUT2D eigenvalue weighted by Crippen LogP contribution is 2.41. The second kappa shape index (κ2) is 9.00. The maximum Gasteiger partial charge on any atom is 0.290 e. The maximum atomic E-state index is 13.6. The first-order valence-corrected chi connectivity index (χ1v) is 11.4. The summed E-state index contributed by atoms with van der Waals surface area (Å²) in [7, 11) is 3.05. The molecule has 0 radical (unpaired) electrons. The third-order valence-electron chi connectivity index (χ3n) is 6.25. The number of fused-ring (bicyclic) bond motifs is 2. The van der Waals surface area contributed by atoms with E-state index in [0.717, 1.165) is 11.3 Å². The molecular formula is C27H22ClNO6. The number of carbonyl (C=O) groups excluding carboxylic acids is 1. The summed E-state index contributed by atoms with van der Waals surface area (Å²) in [6.07, 6.45) is 0.551. The van der Waals surface area contributed by atoms with E-state index in [2.05, 4.69) is 0 Å². The van der Waals surface area contributed by atoms with Crippen LogP contribution in [0.25, 0.3) is 11.0 Å². The zero-order valence-electron chi connectivity index (χ0n) is 19.1. The van der Waals surface area contributed by atoms with Crippen molar-refractivity contribution in [1.82, 2.24) is 4.90 Å². The normalized spacial score (nSPS) is 14.9. The van der Waals surface area contributed by atoms with Crippen molar-refractivity contribution in [3.8, 4) is 17.2 Å². The standard InChI is InChI=1S/C27H22ClNO6/c1-33-18-7-3-15(4-8-18)11-12-29-24(16-5-9-20(30)22(13-16)34-2)23-25(31)19-14-17(28)6-10-21(19)35-26(23)27(29)32/h3-10,13-14,24,30H,11-12H2,1-2H3. The first-order chi connectivity index (χ1) is 16.9. The van der Waals surface area contributed by atoms with E-state index in [1.807, 2.05) is 24.3 Å². The number of phenolic OH excluding ortho intramolecular Hbond substituents is 1. The minimum Gasteiger partial charge on any atom is -0.504 e. The number of methoxy groups -OCH3 is 2. The molecule has 4 aromatic rings. The summed E-state index contributed by atoms with van der Waals surface area (Å²) in [5, 5.41) is 10.8. The van der Waals surface area contributed by atoms with E-state index in [1.165, 1.54) is 13.2 Å². The highest BCUT2D eigenvalue weighted by Gasteiger charge is 2.42. The van der Waals surface area contributed by atoms with Gasteiger partial charge in [0.25, 0.3) is 5.91 Å². The molecule has 1 aromatic heterocycles. The summed E-state index contributed by atoms with van der Waals surface area (Å²) in [6, 6.07) is 16.4. The molecule has 0 saturated carbocycles. The fourth-order valence-electron chi connectivity index (χ4n) is 4.48. The van der Waals surface area contributed by atoms with Crippen LogP contribution in [0.2, 0.25) is 5.02 Å². The Hall–Kier alpha value is -3.97. The van der Waals surface area contributed by atoms with Crippen LogP contribution >= 0.6 is 11.6 Å². The predicted molar refractivity (Wildman–Crippen MR) is 132 cm³/mol. The summed E-state index contributed by atoms with van der Waals surface area (Å²) in [5.74, 6) is 0.582. The quantitative estimate of drug-likeness (QED) is 0.410. The number of amides is 1. The monoisotopic (exact) mass is 491 g/mol. The molecule has 5 rings (SSSR count). The van der Waals surface area contributed by atoms with Crippen LogP contribution in [0.4, 0.5) is 0 Å². The van der Waals surface area contributed by atoms with Gasteiger partial charge in [0.1, 0.15) is 11.3 Å². The SMILES string of the molecule is COc1ccc(CCN2C(=O)c3oc4ccc(Cl)cc4c(=O)c3C2c2ccc(O)c(OC)c2)cc1. The molecule has 0 bridgehead atoms. The van der Waals surface area contributed by atoms with E-state index in [-0.39, 0.29) is 34.2 Å². The number of halogens is 1. The summed E-state index contributed by atoms with van der Waals surface area (Å²) in [4.78, 5) is 28.8. The average Bonchev–Trinajstić information content (AvgIpc) is 3.15. The fraction of sp³-hybridized carbons (Fsp3) is 0.185. The van der Waals surface area contributed by atoms with Gasteiger partial charge in [0, 0.05) is 11.6 Å². The van der Waals surface area contributed by atoms with Crippen molar-refractivity contribution in [2.24, 2.45) is 0 Å². The molecule has 1 unspecified atom stereocenters. The Balaban J connectivity index is 1.62. The van der Waals surface area contributed by atoms with Crippen molar-refractivity contribution in [2.75, 3.05) is 20.8 Å². The van der Waals surface area contributed by atoms with Crippen LogP contribution < -0.4 is 14.9 Å². The van der Waals surface area contributed by atoms with Crippen molar-refractivity contribution < 1.29 is 23.8 Å². The fourth-order valence-corrected chi connectivity index (χ4v) is 4.65. The molecule has 1 amide bonds. The molecule has 35 heavy (non-hydrogen) atoms. The average molecular weight is 492 g/mol. The lowest BCUT2D eigenvalue weighted by molar-refractivity contribution is 0.0730. The number of ether oxygens (including phenoxy) is 2. The maximum absolute atomic E-state index is 13.6. The molecular weight excluding hydrogens is 470 g/mol. The number of hydrogen-bond donors (Lipinski definition) is 1. The first-order valence-electron chi connectivity index (χ1n) is 11.0. The van der Waals surface area contributed by atoms with E-state index in [1.54, 1.807) is 42.3 Å². The molecule has 1 aliphatic heterocycles. The lowest BCUT2D eigenvalue weighted by Crippen LogP contribution is -2.31. The number of hydrogen-bond acceptors (Lipinski definition) is 6. The summed E-state index contributed by atoms with van der Waals surface area (Å²) < 4.78 is 16.4. The van der Waals surface area contributed by atoms with Gasteiger partial charge in [0.2, 0.25) is 5.76 Å². The van der Waals surface area contributed by atoms with Crippen LogP contribution in [0.15, 0.2) is 69.9 Å². The van der Waals surface area contributed by atoms with Gasteiger partial charge in [-0.25, -0.2) is 0 Å². The molecule has 1 aliphatic rings. The van der Waals surface area contributed by atoms with Crippen molar-refractivity contribution in [1.29, 1.82) is 0 Å². The Morgan fingerprint density at radius 1 is 1.00 bits per heavy atom. The molecule has 8 heteroatoms. The highest BCUT2D eigenvalue weighted by atomic mass is 35.5. The molecule has 1 N–H and O–H groups in total. The van der Waals surface area contributed by atoms with Gasteiger partial charge in [-0.1, -0.05) is 29.8 Å². The number of carbonyl (C=O) groups is 1. The molecule has 7 nitrogen and oxygen atoms in total. The Morgan fingerprint density at radius 3 is 2.49 bits per heavy atom. The Kier molecular flexibility index (Phi) is 5.86. The molecule has 0 saturated heterocycles. The van der Waals surface area contributed by atoms with E-state index in [0.29, 0.717) is 34.5 Å². The largest absolute Gasteiger partial charge is 0.504 e. The number of benzene rings is 3. The van der Waals surface area contributed by atoms with Crippen molar-refractivity contribution in [3.63, 3.8) is 0 Å². The molecule has 2 heterocycles. The number of aromatic hydroxyl groups is 1. The highest BCUT2D eigenvalue weighted by molar-refractivity contribution is 6.31. The Labute approximate surface area is 206 Å². The van der Waals surface area contributed by atoms with E-state index < -0.39 is 6.04 Å². The van der Waals surface area contributed by atoms with Gasteiger partial charge in [-0.2, -0.15) is 0 Å². The van der Waals surface area contributed by atoms with Gasteiger partial charge in [-0.05, 0) is 60.0 Å². The Bertz CT molecular complexity index is 1490. The van der Waals surface area contributed by atoms with Gasteiger partial charge in [-0.15, -0.1) is 0 Å². The number of rotatable bonds is 6. The Morgan fingerprint density at radius 2 is 1.77 bits per heavy atom. The first kappa shape index (κ1) is 22.8. The van der Waals surface area contributed by atoms with Gasteiger partial charge in [0.05, 0.1) is 31.2 Å². The van der Waals surface area contributed by atoms with Crippen LogP contribution in [0.3, 0.4) is 0 Å². The minimum absolute atomic E-state index is 0.0107. The van der Waals surface area contributed by atoms with Crippen LogP contribution in [-0.2, 0) is 6.42 Å². The summed E-state index contributed by atoms with van der Waals surface area (Å²) in [6.45, 7) is 0.333. The molecule has 1 atom stereocenters. The van der Waals surface area contributed by atoms with Crippen molar-refractivity contribution >= 4 is 28.5 Å². The van der Waals surface area contributed by atoms with Crippen LogP contribution in [-0.4, -0.2) is 36.7 Å². The smallest absolute Gasteiger partial charge is 0.290 e. The molecule has 178 valence electrons. The third kappa shape index (κ3) is 3.98. The van der Waals surface area contributed by atoms with Crippen molar-refractivity contribution in [3.05, 3.63) is 98.4 Å². The molecule has 0 spiro atoms. The minimum atomic E-state index is -0.718. The van der Waals surface area contributed by atoms with E-state index in [4.69, 9.17) is 25.5 Å². The van der Waals surface area contributed by atoms with E-state index in [9.17, 15) is 14.7 Å². The van der Waals surface area contributed by atoms with Gasteiger partial charge >= 0.3 is 0 Å². The second-order valence-corrected chi connectivity index (χ2v) is 8.68.